The van der Waals surface area contributed by atoms with Crippen molar-refractivity contribution in [1.82, 2.24) is 13.9 Å². The molecule has 1 aromatic rings. The van der Waals surface area contributed by atoms with Crippen LogP contribution in [0.3, 0.4) is 0 Å². The Morgan fingerprint density at radius 1 is 1.33 bits per heavy atom. The van der Waals surface area contributed by atoms with Crippen molar-refractivity contribution >= 4 is 10.0 Å². The Morgan fingerprint density at radius 2 is 2.00 bits per heavy atom. The monoisotopic (exact) mass is 269 g/mol. The highest BCUT2D eigenvalue weighted by Crippen LogP contribution is 2.38. The van der Waals surface area contributed by atoms with Gasteiger partial charge in [-0.15, -0.1) is 0 Å². The molecule has 1 atom stereocenters. The van der Waals surface area contributed by atoms with Gasteiger partial charge in [-0.05, 0) is 32.6 Å². The van der Waals surface area contributed by atoms with Crippen LogP contribution in [0.1, 0.15) is 49.7 Å². The molecule has 0 bridgehead atoms. The smallest absolute Gasteiger partial charge is 0.224 e. The van der Waals surface area contributed by atoms with E-state index >= 15 is 0 Å². The first-order chi connectivity index (χ1) is 8.60. The molecule has 0 unspecified atom stereocenters. The highest BCUT2D eigenvalue weighted by atomic mass is 32.2. The minimum atomic E-state index is -3.24. The van der Waals surface area contributed by atoms with E-state index in [1.165, 1.54) is 0 Å². The van der Waals surface area contributed by atoms with Gasteiger partial charge in [-0.3, -0.25) is 0 Å². The van der Waals surface area contributed by atoms with Gasteiger partial charge in [0, 0.05) is 31.5 Å². The third-order valence-electron chi connectivity index (χ3n) is 3.87. The zero-order valence-corrected chi connectivity index (χ0v) is 11.4. The molecule has 0 N–H and O–H groups in total. The molecule has 0 aromatic carbocycles. The first-order valence-corrected chi connectivity index (χ1v) is 8.12. The van der Waals surface area contributed by atoms with Crippen LogP contribution in [-0.4, -0.2) is 35.4 Å². The van der Waals surface area contributed by atoms with Crippen LogP contribution >= 0.6 is 0 Å². The maximum Gasteiger partial charge on any atom is 0.224 e. The van der Waals surface area contributed by atoms with E-state index in [2.05, 4.69) is 4.98 Å². The summed E-state index contributed by atoms with van der Waals surface area (Å²) >= 11 is 0. The van der Waals surface area contributed by atoms with Crippen molar-refractivity contribution in [3.8, 4) is 0 Å². The van der Waals surface area contributed by atoms with Gasteiger partial charge >= 0.3 is 0 Å². The van der Waals surface area contributed by atoms with Gasteiger partial charge in [0.15, 0.2) is 0 Å². The lowest BCUT2D eigenvalue weighted by Crippen LogP contribution is -2.32. The Morgan fingerprint density at radius 3 is 2.61 bits per heavy atom. The third-order valence-corrected chi connectivity index (χ3v) is 6.06. The standard InChI is InChI=1S/C12H19N3O2S/c1-10(18(16,17)14-7-2-3-8-14)12-13-6-9-15(12)11-4-5-11/h6,9-11H,2-5,7-8H2,1H3/t10-/m0/s1. The molecule has 0 radical (unpaired) electrons. The van der Waals surface area contributed by atoms with Crippen LogP contribution in [0.25, 0.3) is 0 Å². The topological polar surface area (TPSA) is 55.2 Å². The van der Waals surface area contributed by atoms with Gasteiger partial charge in [0.1, 0.15) is 11.1 Å². The molecule has 2 heterocycles. The number of nitrogens with zero attached hydrogens (tertiary/aromatic N) is 3. The van der Waals surface area contributed by atoms with Crippen molar-refractivity contribution in [1.29, 1.82) is 0 Å². The lowest BCUT2D eigenvalue weighted by Gasteiger charge is -2.21. The maximum atomic E-state index is 12.5. The molecule has 100 valence electrons. The molecule has 1 aliphatic carbocycles. The second kappa shape index (κ2) is 4.35. The number of hydrogen-bond acceptors (Lipinski definition) is 3. The predicted molar refractivity (Wildman–Crippen MR) is 68.6 cm³/mol. The molecule has 1 saturated carbocycles. The number of aromatic nitrogens is 2. The molecule has 1 aliphatic heterocycles. The Hall–Kier alpha value is -0.880. The molecular weight excluding hydrogens is 250 g/mol. The summed E-state index contributed by atoms with van der Waals surface area (Å²) in [7, 11) is -3.24. The van der Waals surface area contributed by atoms with Crippen molar-refractivity contribution in [2.24, 2.45) is 0 Å². The molecule has 1 aromatic heterocycles. The summed E-state index contributed by atoms with van der Waals surface area (Å²) in [4.78, 5) is 4.27. The first-order valence-electron chi connectivity index (χ1n) is 6.62. The van der Waals surface area contributed by atoms with E-state index in [0.29, 0.717) is 25.0 Å². The van der Waals surface area contributed by atoms with Crippen LogP contribution in [0.2, 0.25) is 0 Å². The fourth-order valence-electron chi connectivity index (χ4n) is 2.60. The normalized spacial score (nSPS) is 23.4. The Labute approximate surface area is 108 Å². The molecule has 5 nitrogen and oxygen atoms in total. The van der Waals surface area contributed by atoms with Crippen molar-refractivity contribution in [2.45, 2.75) is 43.9 Å². The molecule has 2 aliphatic rings. The molecular formula is C12H19N3O2S. The van der Waals surface area contributed by atoms with Crippen molar-refractivity contribution in [2.75, 3.05) is 13.1 Å². The Balaban J connectivity index is 1.88. The van der Waals surface area contributed by atoms with Crippen LogP contribution in [0, 0.1) is 0 Å². The van der Waals surface area contributed by atoms with E-state index in [4.69, 9.17) is 0 Å². The van der Waals surface area contributed by atoms with E-state index in [1.54, 1.807) is 17.4 Å². The number of imidazole rings is 1. The summed E-state index contributed by atoms with van der Waals surface area (Å²) in [5.74, 6) is 0.699. The molecule has 0 spiro atoms. The summed E-state index contributed by atoms with van der Waals surface area (Å²) in [6, 6.07) is 0.471. The second-order valence-electron chi connectivity index (χ2n) is 5.22. The Bertz CT molecular complexity index is 527. The average Bonchev–Trinajstić information content (AvgIpc) is 2.87. The highest BCUT2D eigenvalue weighted by Gasteiger charge is 2.36. The quantitative estimate of drug-likeness (QED) is 0.836. The number of hydrogen-bond donors (Lipinski definition) is 0. The van der Waals surface area contributed by atoms with Gasteiger partial charge in [0.2, 0.25) is 10.0 Å². The second-order valence-corrected chi connectivity index (χ2v) is 7.47. The minimum absolute atomic E-state index is 0.471. The SMILES string of the molecule is C[C@@H](c1nccn1C1CC1)S(=O)(=O)N1CCCC1. The van der Waals surface area contributed by atoms with Crippen molar-refractivity contribution in [3.63, 3.8) is 0 Å². The summed E-state index contributed by atoms with van der Waals surface area (Å²) < 4.78 is 28.7. The summed E-state index contributed by atoms with van der Waals surface area (Å²) in [6.07, 6.45) is 7.85. The van der Waals surface area contributed by atoms with Gasteiger partial charge in [-0.25, -0.2) is 17.7 Å². The first kappa shape index (κ1) is 12.2. The Kier molecular flexibility index (Phi) is 2.94. The fourth-order valence-corrected chi connectivity index (χ4v) is 4.26. The van der Waals surface area contributed by atoms with Crippen LogP contribution < -0.4 is 0 Å². The largest absolute Gasteiger partial charge is 0.331 e. The van der Waals surface area contributed by atoms with E-state index in [9.17, 15) is 8.42 Å². The zero-order valence-electron chi connectivity index (χ0n) is 10.6. The number of rotatable bonds is 4. The van der Waals surface area contributed by atoms with Crippen LogP contribution in [0.4, 0.5) is 0 Å². The van der Waals surface area contributed by atoms with Gasteiger partial charge in [-0.1, -0.05) is 0 Å². The maximum absolute atomic E-state index is 12.5. The molecule has 1 saturated heterocycles. The van der Waals surface area contributed by atoms with Crippen molar-refractivity contribution < 1.29 is 8.42 Å². The molecule has 6 heteroatoms. The third kappa shape index (κ3) is 1.97. The minimum Gasteiger partial charge on any atom is -0.331 e. The number of sulfonamides is 1. The highest BCUT2D eigenvalue weighted by molar-refractivity contribution is 7.89. The van der Waals surface area contributed by atoms with Crippen LogP contribution in [-0.2, 0) is 10.0 Å². The summed E-state index contributed by atoms with van der Waals surface area (Å²) in [6.45, 7) is 3.09. The molecule has 0 amide bonds. The van der Waals surface area contributed by atoms with Gasteiger partial charge in [0.05, 0.1) is 0 Å². The van der Waals surface area contributed by atoms with Crippen LogP contribution in [0.5, 0.6) is 0 Å². The van der Waals surface area contributed by atoms with E-state index in [-0.39, 0.29) is 0 Å². The van der Waals surface area contributed by atoms with Crippen molar-refractivity contribution in [3.05, 3.63) is 18.2 Å². The summed E-state index contributed by atoms with van der Waals surface area (Å²) in [5.41, 5.74) is 0. The lowest BCUT2D eigenvalue weighted by atomic mass is 10.4. The lowest BCUT2D eigenvalue weighted by molar-refractivity contribution is 0.464. The molecule has 2 fully saturated rings. The van der Waals surface area contributed by atoms with Gasteiger partial charge in [-0.2, -0.15) is 0 Å². The predicted octanol–water partition coefficient (Wildman–Crippen LogP) is 1.70. The summed E-state index contributed by atoms with van der Waals surface area (Å²) in [5, 5.41) is -0.536. The van der Waals surface area contributed by atoms with Gasteiger partial charge < -0.3 is 4.57 Å². The van der Waals surface area contributed by atoms with E-state index in [1.807, 2.05) is 10.8 Å². The van der Waals surface area contributed by atoms with Crippen LogP contribution in [0.15, 0.2) is 12.4 Å². The average molecular weight is 269 g/mol. The van der Waals surface area contributed by atoms with Gasteiger partial charge in [0.25, 0.3) is 0 Å². The fraction of sp³-hybridized carbons (Fsp3) is 0.750. The zero-order chi connectivity index (χ0) is 12.8. The van der Waals surface area contributed by atoms with E-state index in [0.717, 1.165) is 25.7 Å². The molecule has 18 heavy (non-hydrogen) atoms. The van der Waals surface area contributed by atoms with E-state index < -0.39 is 15.3 Å². The molecule has 3 rings (SSSR count).